The van der Waals surface area contributed by atoms with E-state index < -0.39 is 22.4 Å². The van der Waals surface area contributed by atoms with Crippen molar-refractivity contribution in [3.05, 3.63) is 33.9 Å². The standard InChI is InChI=1S/C16H20F3N3O4/c17-16(18,19)10-1-6-13(14(9-10)22(25)26)20-8-7-15(24)21-11-2-4-12(23)5-3-11/h1,6,9,11-12,20,23H,2-5,7-8H2,(H,21,24). The van der Waals surface area contributed by atoms with Crippen molar-refractivity contribution in [1.82, 2.24) is 5.32 Å². The highest BCUT2D eigenvalue weighted by Gasteiger charge is 2.33. The number of rotatable bonds is 6. The maximum Gasteiger partial charge on any atom is 0.416 e. The predicted octanol–water partition coefficient (Wildman–Crippen LogP) is 2.84. The normalized spacial score (nSPS) is 20.5. The van der Waals surface area contributed by atoms with E-state index in [2.05, 4.69) is 10.6 Å². The van der Waals surface area contributed by atoms with Crippen LogP contribution < -0.4 is 10.6 Å². The Labute approximate surface area is 147 Å². The van der Waals surface area contributed by atoms with Crippen molar-refractivity contribution < 1.29 is 28.0 Å². The molecule has 1 aliphatic rings. The third kappa shape index (κ3) is 5.58. The Hall–Kier alpha value is -2.36. The van der Waals surface area contributed by atoms with Gasteiger partial charge in [-0.05, 0) is 37.8 Å². The minimum absolute atomic E-state index is 0.00805. The molecule has 0 spiro atoms. The number of carbonyl (C=O) groups excluding carboxylic acids is 1. The van der Waals surface area contributed by atoms with Gasteiger partial charge in [0.2, 0.25) is 5.91 Å². The monoisotopic (exact) mass is 375 g/mol. The number of aliphatic hydroxyl groups is 1. The number of nitro benzene ring substituents is 1. The SMILES string of the molecule is O=C(CCNc1ccc(C(F)(F)F)cc1[N+](=O)[O-])NC1CCC(O)CC1. The first kappa shape index (κ1) is 20.0. The molecule has 1 aromatic carbocycles. The minimum Gasteiger partial charge on any atom is -0.393 e. The number of nitrogens with zero attached hydrogens (tertiary/aromatic N) is 1. The number of hydrogen-bond donors (Lipinski definition) is 3. The van der Waals surface area contributed by atoms with E-state index in [1.165, 1.54) is 0 Å². The highest BCUT2D eigenvalue weighted by molar-refractivity contribution is 5.77. The Balaban J connectivity index is 1.88. The van der Waals surface area contributed by atoms with Crippen molar-refractivity contribution in [2.24, 2.45) is 0 Å². The Morgan fingerprint density at radius 3 is 2.50 bits per heavy atom. The minimum atomic E-state index is -4.67. The van der Waals surface area contributed by atoms with E-state index >= 15 is 0 Å². The molecule has 0 aromatic heterocycles. The van der Waals surface area contributed by atoms with Gasteiger partial charge in [0.05, 0.1) is 16.6 Å². The zero-order valence-corrected chi connectivity index (χ0v) is 13.9. The molecule has 0 aliphatic heterocycles. The fraction of sp³-hybridized carbons (Fsp3) is 0.562. The lowest BCUT2D eigenvalue weighted by Gasteiger charge is -2.26. The highest BCUT2D eigenvalue weighted by Crippen LogP contribution is 2.34. The Morgan fingerprint density at radius 1 is 1.27 bits per heavy atom. The van der Waals surface area contributed by atoms with Crippen LogP contribution in [0.15, 0.2) is 18.2 Å². The lowest BCUT2D eigenvalue weighted by atomic mass is 9.93. The Morgan fingerprint density at radius 2 is 1.92 bits per heavy atom. The smallest absolute Gasteiger partial charge is 0.393 e. The lowest BCUT2D eigenvalue weighted by molar-refractivity contribution is -0.384. The van der Waals surface area contributed by atoms with Crippen molar-refractivity contribution in [2.75, 3.05) is 11.9 Å². The molecule has 1 fully saturated rings. The molecule has 0 bridgehead atoms. The van der Waals surface area contributed by atoms with Gasteiger partial charge >= 0.3 is 6.18 Å². The summed E-state index contributed by atoms with van der Waals surface area (Å²) in [6, 6.07) is 2.20. The molecule has 0 radical (unpaired) electrons. The number of nitro groups is 1. The number of carbonyl (C=O) groups is 1. The summed E-state index contributed by atoms with van der Waals surface area (Å²) in [4.78, 5) is 22.0. The predicted molar refractivity (Wildman–Crippen MR) is 87.6 cm³/mol. The third-order valence-electron chi connectivity index (χ3n) is 4.25. The van der Waals surface area contributed by atoms with Crippen molar-refractivity contribution >= 4 is 17.3 Å². The average molecular weight is 375 g/mol. The maximum atomic E-state index is 12.7. The van der Waals surface area contributed by atoms with E-state index in [1.807, 2.05) is 0 Å². The summed E-state index contributed by atoms with van der Waals surface area (Å²) in [6.07, 6.45) is -2.35. The number of hydrogen-bond acceptors (Lipinski definition) is 5. The van der Waals surface area contributed by atoms with Crippen molar-refractivity contribution in [1.29, 1.82) is 0 Å². The van der Waals surface area contributed by atoms with E-state index in [9.17, 15) is 33.2 Å². The summed E-state index contributed by atoms with van der Waals surface area (Å²) in [7, 11) is 0. The number of anilines is 1. The molecular formula is C16H20F3N3O4. The summed E-state index contributed by atoms with van der Waals surface area (Å²) in [5, 5.41) is 25.9. The number of aliphatic hydroxyl groups excluding tert-OH is 1. The van der Waals surface area contributed by atoms with Gasteiger partial charge in [0.1, 0.15) is 5.69 Å². The summed E-state index contributed by atoms with van der Waals surface area (Å²) >= 11 is 0. The third-order valence-corrected chi connectivity index (χ3v) is 4.25. The number of nitrogens with one attached hydrogen (secondary N) is 2. The van der Waals surface area contributed by atoms with E-state index in [0.29, 0.717) is 31.7 Å². The van der Waals surface area contributed by atoms with Crippen LogP contribution in [0.1, 0.15) is 37.7 Å². The summed E-state index contributed by atoms with van der Waals surface area (Å²) in [5.74, 6) is -0.256. The van der Waals surface area contributed by atoms with Crippen LogP contribution in [0.4, 0.5) is 24.5 Å². The average Bonchev–Trinajstić information content (AvgIpc) is 2.56. The molecule has 2 rings (SSSR count). The van der Waals surface area contributed by atoms with E-state index in [0.717, 1.165) is 12.1 Å². The van der Waals surface area contributed by atoms with Crippen molar-refractivity contribution in [3.8, 4) is 0 Å². The largest absolute Gasteiger partial charge is 0.416 e. The van der Waals surface area contributed by atoms with Gasteiger partial charge in [-0.2, -0.15) is 13.2 Å². The molecule has 0 heterocycles. The van der Waals surface area contributed by atoms with Gasteiger partial charge in [-0.25, -0.2) is 0 Å². The van der Waals surface area contributed by atoms with Crippen molar-refractivity contribution in [3.63, 3.8) is 0 Å². The van der Waals surface area contributed by atoms with Crippen LogP contribution in [0, 0.1) is 10.1 Å². The maximum absolute atomic E-state index is 12.7. The van der Waals surface area contributed by atoms with Crippen LogP contribution in [-0.4, -0.2) is 34.6 Å². The van der Waals surface area contributed by atoms with Crippen LogP contribution in [0.3, 0.4) is 0 Å². The van der Waals surface area contributed by atoms with Gasteiger partial charge in [-0.1, -0.05) is 0 Å². The number of amides is 1. The first-order chi connectivity index (χ1) is 12.2. The molecule has 1 aliphatic carbocycles. The fourth-order valence-electron chi connectivity index (χ4n) is 2.84. The molecular weight excluding hydrogens is 355 g/mol. The summed E-state index contributed by atoms with van der Waals surface area (Å²) < 4.78 is 38.0. The molecule has 1 saturated carbocycles. The molecule has 144 valence electrons. The number of alkyl halides is 3. The topological polar surface area (TPSA) is 104 Å². The van der Waals surface area contributed by atoms with Gasteiger partial charge in [0.25, 0.3) is 5.69 Å². The van der Waals surface area contributed by atoms with Crippen LogP contribution in [-0.2, 0) is 11.0 Å². The zero-order chi connectivity index (χ0) is 19.3. The van der Waals surface area contributed by atoms with E-state index in [-0.39, 0.29) is 36.7 Å². The van der Waals surface area contributed by atoms with E-state index in [1.54, 1.807) is 0 Å². The number of benzene rings is 1. The molecule has 0 saturated heterocycles. The van der Waals surface area contributed by atoms with Gasteiger partial charge in [-0.15, -0.1) is 0 Å². The molecule has 1 amide bonds. The fourth-order valence-corrected chi connectivity index (χ4v) is 2.84. The van der Waals surface area contributed by atoms with Gasteiger partial charge in [0, 0.05) is 25.1 Å². The van der Waals surface area contributed by atoms with Crippen LogP contribution >= 0.6 is 0 Å². The molecule has 0 unspecified atom stereocenters. The van der Waals surface area contributed by atoms with Crippen LogP contribution in [0.5, 0.6) is 0 Å². The van der Waals surface area contributed by atoms with Crippen LogP contribution in [0.2, 0.25) is 0 Å². The quantitative estimate of drug-likeness (QED) is 0.524. The Bertz CT molecular complexity index is 659. The first-order valence-corrected chi connectivity index (χ1v) is 8.23. The summed E-state index contributed by atoms with van der Waals surface area (Å²) in [5.41, 5.74) is -1.87. The zero-order valence-electron chi connectivity index (χ0n) is 13.9. The molecule has 3 N–H and O–H groups in total. The van der Waals surface area contributed by atoms with Gasteiger partial charge in [-0.3, -0.25) is 14.9 Å². The molecule has 1 aromatic rings. The summed E-state index contributed by atoms with van der Waals surface area (Å²) in [6.45, 7) is 0.0490. The van der Waals surface area contributed by atoms with Gasteiger partial charge in [0.15, 0.2) is 0 Å². The van der Waals surface area contributed by atoms with E-state index in [4.69, 9.17) is 0 Å². The van der Waals surface area contributed by atoms with Crippen LogP contribution in [0.25, 0.3) is 0 Å². The second-order valence-corrected chi connectivity index (χ2v) is 6.24. The van der Waals surface area contributed by atoms with Gasteiger partial charge < -0.3 is 15.7 Å². The molecule has 26 heavy (non-hydrogen) atoms. The second kappa shape index (κ2) is 8.35. The molecule has 0 atom stereocenters. The number of halogens is 3. The van der Waals surface area contributed by atoms with Crippen molar-refractivity contribution in [2.45, 2.75) is 50.4 Å². The first-order valence-electron chi connectivity index (χ1n) is 8.23. The lowest BCUT2D eigenvalue weighted by Crippen LogP contribution is -2.39. The highest BCUT2D eigenvalue weighted by atomic mass is 19.4. The molecule has 10 heteroatoms. The second-order valence-electron chi connectivity index (χ2n) is 6.24. The Kier molecular flexibility index (Phi) is 6.41. The molecule has 7 nitrogen and oxygen atoms in total.